The van der Waals surface area contributed by atoms with Crippen LogP contribution in [-0.2, 0) is 9.59 Å². The summed E-state index contributed by atoms with van der Waals surface area (Å²) in [6.45, 7) is 3.93. The third-order valence-corrected chi connectivity index (χ3v) is 2.13. The second kappa shape index (κ2) is 6.37. The van der Waals surface area contributed by atoms with Gasteiger partial charge in [-0.3, -0.25) is 9.59 Å². The Morgan fingerprint density at radius 2 is 1.86 bits per heavy atom. The Labute approximate surface area is 83.7 Å². The van der Waals surface area contributed by atoms with E-state index in [2.05, 4.69) is 5.32 Å². The molecule has 0 fully saturated rings. The highest BCUT2D eigenvalue weighted by Crippen LogP contribution is 2.01. The normalized spacial score (nSPS) is 12.8. The number of aliphatic carboxylic acids is 1. The standard InChI is InChI=1S/C9H18N2O3/c1-3-6(4-2)11-7(9(13)14)5-8(10)12/h6-7,11H,3-5H2,1-2H3,(H2,10,12)(H,13,14). The van der Waals surface area contributed by atoms with E-state index >= 15 is 0 Å². The van der Waals surface area contributed by atoms with E-state index in [-0.39, 0.29) is 12.5 Å². The maximum Gasteiger partial charge on any atom is 0.321 e. The summed E-state index contributed by atoms with van der Waals surface area (Å²) in [5.74, 6) is -1.63. The van der Waals surface area contributed by atoms with E-state index < -0.39 is 17.9 Å². The van der Waals surface area contributed by atoms with Gasteiger partial charge in [0.05, 0.1) is 6.42 Å². The molecule has 0 aromatic heterocycles. The van der Waals surface area contributed by atoms with Gasteiger partial charge in [0.15, 0.2) is 0 Å². The number of carbonyl (C=O) groups is 2. The Morgan fingerprint density at radius 3 is 2.14 bits per heavy atom. The largest absolute Gasteiger partial charge is 0.480 e. The lowest BCUT2D eigenvalue weighted by Gasteiger charge is -2.19. The molecule has 0 saturated carbocycles. The molecule has 0 spiro atoms. The third-order valence-electron chi connectivity index (χ3n) is 2.13. The van der Waals surface area contributed by atoms with Crippen molar-refractivity contribution in [1.82, 2.24) is 5.32 Å². The van der Waals surface area contributed by atoms with Crippen molar-refractivity contribution in [3.8, 4) is 0 Å². The first-order chi connectivity index (χ1) is 6.51. The van der Waals surface area contributed by atoms with E-state index in [4.69, 9.17) is 10.8 Å². The molecule has 0 saturated heterocycles. The Morgan fingerprint density at radius 1 is 1.36 bits per heavy atom. The molecule has 0 aliphatic rings. The molecule has 0 aliphatic carbocycles. The van der Waals surface area contributed by atoms with Crippen molar-refractivity contribution in [2.45, 2.75) is 45.2 Å². The summed E-state index contributed by atoms with van der Waals surface area (Å²) in [7, 11) is 0. The van der Waals surface area contributed by atoms with E-state index in [0.29, 0.717) is 0 Å². The summed E-state index contributed by atoms with van der Waals surface area (Å²) in [6.07, 6.45) is 1.50. The smallest absolute Gasteiger partial charge is 0.321 e. The summed E-state index contributed by atoms with van der Waals surface area (Å²) in [4.78, 5) is 21.3. The molecule has 0 rings (SSSR count). The summed E-state index contributed by atoms with van der Waals surface area (Å²) in [5.41, 5.74) is 4.95. The van der Waals surface area contributed by atoms with Crippen molar-refractivity contribution in [2.24, 2.45) is 5.73 Å². The molecule has 82 valence electrons. The average Bonchev–Trinajstić information content (AvgIpc) is 2.11. The van der Waals surface area contributed by atoms with E-state index in [9.17, 15) is 9.59 Å². The summed E-state index contributed by atoms with van der Waals surface area (Å²) in [6, 6.07) is -0.743. The molecule has 4 N–H and O–H groups in total. The lowest BCUT2D eigenvalue weighted by Crippen LogP contribution is -2.45. The number of amides is 1. The average molecular weight is 202 g/mol. The lowest BCUT2D eigenvalue weighted by atomic mass is 10.1. The van der Waals surface area contributed by atoms with Gasteiger partial charge in [-0.2, -0.15) is 0 Å². The zero-order valence-electron chi connectivity index (χ0n) is 8.62. The monoisotopic (exact) mass is 202 g/mol. The van der Waals surface area contributed by atoms with Gasteiger partial charge in [0, 0.05) is 6.04 Å². The van der Waals surface area contributed by atoms with Gasteiger partial charge >= 0.3 is 5.97 Å². The Balaban J connectivity index is 4.21. The second-order valence-electron chi connectivity index (χ2n) is 3.24. The van der Waals surface area contributed by atoms with Crippen molar-refractivity contribution in [3.63, 3.8) is 0 Å². The summed E-state index contributed by atoms with van der Waals surface area (Å²) in [5, 5.41) is 11.7. The molecular formula is C9H18N2O3. The van der Waals surface area contributed by atoms with Gasteiger partial charge in [0.2, 0.25) is 5.91 Å². The topological polar surface area (TPSA) is 92.4 Å². The van der Waals surface area contributed by atoms with Crippen LogP contribution in [0.4, 0.5) is 0 Å². The molecule has 0 aromatic carbocycles. The molecule has 0 radical (unpaired) electrons. The van der Waals surface area contributed by atoms with Gasteiger partial charge in [-0.25, -0.2) is 0 Å². The molecule has 1 unspecified atom stereocenters. The van der Waals surface area contributed by atoms with Crippen LogP contribution >= 0.6 is 0 Å². The highest BCUT2D eigenvalue weighted by atomic mass is 16.4. The highest BCUT2D eigenvalue weighted by molar-refractivity contribution is 5.83. The van der Waals surface area contributed by atoms with Gasteiger partial charge in [-0.1, -0.05) is 13.8 Å². The second-order valence-corrected chi connectivity index (χ2v) is 3.24. The van der Waals surface area contributed by atoms with Gasteiger partial charge in [-0.05, 0) is 12.8 Å². The third kappa shape index (κ3) is 4.81. The molecule has 1 atom stereocenters. The zero-order chi connectivity index (χ0) is 11.1. The number of nitrogens with two attached hydrogens (primary N) is 1. The van der Waals surface area contributed by atoms with Gasteiger partial charge < -0.3 is 16.2 Å². The molecule has 5 nitrogen and oxygen atoms in total. The maximum atomic E-state index is 10.7. The number of hydrogen-bond donors (Lipinski definition) is 3. The fraction of sp³-hybridized carbons (Fsp3) is 0.778. The van der Waals surface area contributed by atoms with Crippen molar-refractivity contribution >= 4 is 11.9 Å². The minimum atomic E-state index is -1.03. The fourth-order valence-electron chi connectivity index (χ4n) is 1.23. The Kier molecular flexibility index (Phi) is 5.87. The molecule has 14 heavy (non-hydrogen) atoms. The molecule has 0 aliphatic heterocycles. The SMILES string of the molecule is CCC(CC)NC(CC(N)=O)C(=O)O. The van der Waals surface area contributed by atoms with Crippen LogP contribution in [0.2, 0.25) is 0 Å². The van der Waals surface area contributed by atoms with Crippen LogP contribution in [0, 0.1) is 0 Å². The molecule has 0 heterocycles. The van der Waals surface area contributed by atoms with Gasteiger partial charge in [-0.15, -0.1) is 0 Å². The van der Waals surface area contributed by atoms with E-state index in [1.165, 1.54) is 0 Å². The minimum Gasteiger partial charge on any atom is -0.480 e. The zero-order valence-corrected chi connectivity index (χ0v) is 8.62. The minimum absolute atomic E-state index is 0.121. The molecular weight excluding hydrogens is 184 g/mol. The number of nitrogens with one attached hydrogen (secondary N) is 1. The van der Waals surface area contributed by atoms with Crippen LogP contribution in [0.5, 0.6) is 0 Å². The lowest BCUT2D eigenvalue weighted by molar-refractivity contribution is -0.141. The summed E-state index contributed by atoms with van der Waals surface area (Å²) < 4.78 is 0. The molecule has 1 amide bonds. The highest BCUT2D eigenvalue weighted by Gasteiger charge is 2.21. The first kappa shape index (κ1) is 12.9. The van der Waals surface area contributed by atoms with Gasteiger partial charge in [0.25, 0.3) is 0 Å². The first-order valence-electron chi connectivity index (χ1n) is 4.78. The van der Waals surface area contributed by atoms with Crippen LogP contribution in [-0.4, -0.2) is 29.1 Å². The number of carboxylic acid groups (broad SMARTS) is 1. The van der Waals surface area contributed by atoms with E-state index in [0.717, 1.165) is 12.8 Å². The Hall–Kier alpha value is -1.10. The number of primary amides is 1. The van der Waals surface area contributed by atoms with Crippen LogP contribution in [0.25, 0.3) is 0 Å². The number of carbonyl (C=O) groups excluding carboxylic acids is 1. The molecule has 0 bridgehead atoms. The van der Waals surface area contributed by atoms with Crippen molar-refractivity contribution in [3.05, 3.63) is 0 Å². The van der Waals surface area contributed by atoms with Crippen LogP contribution in [0.15, 0.2) is 0 Å². The summed E-state index contributed by atoms with van der Waals surface area (Å²) >= 11 is 0. The van der Waals surface area contributed by atoms with Crippen molar-refractivity contribution < 1.29 is 14.7 Å². The van der Waals surface area contributed by atoms with Crippen LogP contribution in [0.1, 0.15) is 33.1 Å². The van der Waals surface area contributed by atoms with Crippen LogP contribution in [0.3, 0.4) is 0 Å². The fourth-order valence-corrected chi connectivity index (χ4v) is 1.23. The number of rotatable bonds is 7. The number of carboxylic acids is 1. The van der Waals surface area contributed by atoms with Gasteiger partial charge in [0.1, 0.15) is 6.04 Å². The molecule has 0 aromatic rings. The van der Waals surface area contributed by atoms with Crippen molar-refractivity contribution in [2.75, 3.05) is 0 Å². The van der Waals surface area contributed by atoms with E-state index in [1.807, 2.05) is 13.8 Å². The van der Waals surface area contributed by atoms with Crippen LogP contribution < -0.4 is 11.1 Å². The molecule has 5 heteroatoms. The Bertz CT molecular complexity index is 202. The first-order valence-corrected chi connectivity index (χ1v) is 4.78. The number of hydrogen-bond acceptors (Lipinski definition) is 3. The van der Waals surface area contributed by atoms with Crippen molar-refractivity contribution in [1.29, 1.82) is 0 Å². The maximum absolute atomic E-state index is 10.7. The quantitative estimate of drug-likeness (QED) is 0.545. The predicted molar refractivity (Wildman–Crippen MR) is 52.7 cm³/mol. The predicted octanol–water partition coefficient (Wildman–Crippen LogP) is 0.0932. The van der Waals surface area contributed by atoms with E-state index in [1.54, 1.807) is 0 Å².